The second-order valence-corrected chi connectivity index (χ2v) is 5.31. The highest BCUT2D eigenvalue weighted by Crippen LogP contribution is 2.26. The van der Waals surface area contributed by atoms with Crippen LogP contribution < -0.4 is 10.2 Å². The van der Waals surface area contributed by atoms with Crippen LogP contribution in [0.25, 0.3) is 0 Å². The van der Waals surface area contributed by atoms with Crippen LogP contribution in [-0.2, 0) is 4.74 Å². The molecule has 0 spiro atoms. The molecule has 1 saturated heterocycles. The van der Waals surface area contributed by atoms with Gasteiger partial charge in [-0.3, -0.25) is 4.90 Å². The zero-order valence-electron chi connectivity index (χ0n) is 12.6. The molecule has 1 heterocycles. The summed E-state index contributed by atoms with van der Waals surface area (Å²) in [6.07, 6.45) is -0.368. The lowest BCUT2D eigenvalue weighted by molar-refractivity contribution is 0.181. The lowest BCUT2D eigenvalue weighted by atomic mass is 10.1. The average molecular weight is 318 g/mol. The summed E-state index contributed by atoms with van der Waals surface area (Å²) >= 11 is 0. The first kappa shape index (κ1) is 15.3. The van der Waals surface area contributed by atoms with Crippen molar-refractivity contribution in [3.05, 3.63) is 59.7 Å². The Morgan fingerprint density at radius 3 is 2.35 bits per heavy atom. The van der Waals surface area contributed by atoms with Crippen molar-refractivity contribution in [1.29, 1.82) is 0 Å². The minimum Gasteiger partial charge on any atom is -0.447 e. The number of rotatable bonds is 4. The maximum absolute atomic E-state index is 13.8. The number of nitrogens with one attached hydrogen (secondary N) is 1. The maximum Gasteiger partial charge on any atom is 0.414 e. The van der Waals surface area contributed by atoms with Crippen LogP contribution in [0.2, 0.25) is 0 Å². The Balaban J connectivity index is 1.74. The largest absolute Gasteiger partial charge is 0.447 e. The van der Waals surface area contributed by atoms with Gasteiger partial charge in [0.15, 0.2) is 0 Å². The molecule has 0 aromatic heterocycles. The van der Waals surface area contributed by atoms with E-state index in [1.165, 1.54) is 23.1 Å². The third-order valence-corrected chi connectivity index (χ3v) is 3.76. The predicted molar refractivity (Wildman–Crippen MR) is 83.5 cm³/mol. The normalized spacial score (nSPS) is 15.4. The van der Waals surface area contributed by atoms with Gasteiger partial charge in [0.2, 0.25) is 0 Å². The zero-order chi connectivity index (χ0) is 16.4. The van der Waals surface area contributed by atoms with E-state index in [0.717, 1.165) is 5.69 Å². The van der Waals surface area contributed by atoms with E-state index in [9.17, 15) is 13.6 Å². The van der Waals surface area contributed by atoms with Gasteiger partial charge in [-0.25, -0.2) is 13.6 Å². The Labute approximate surface area is 132 Å². The molecule has 2 aromatic carbocycles. The summed E-state index contributed by atoms with van der Waals surface area (Å²) < 4.78 is 32.4. The minimum atomic E-state index is -0.582. The molecule has 1 fully saturated rings. The van der Waals surface area contributed by atoms with E-state index in [4.69, 9.17) is 4.74 Å². The van der Waals surface area contributed by atoms with Gasteiger partial charge in [-0.05, 0) is 43.3 Å². The Bertz CT molecular complexity index is 699. The summed E-state index contributed by atoms with van der Waals surface area (Å²) in [5, 5.41) is 3.05. The van der Waals surface area contributed by atoms with Gasteiger partial charge in [0.05, 0.1) is 12.6 Å². The fourth-order valence-electron chi connectivity index (χ4n) is 2.61. The summed E-state index contributed by atoms with van der Waals surface area (Å²) in [7, 11) is 0. The minimum absolute atomic E-state index is 0.000280. The summed E-state index contributed by atoms with van der Waals surface area (Å²) in [4.78, 5) is 13.0. The van der Waals surface area contributed by atoms with Gasteiger partial charge in [0.25, 0.3) is 0 Å². The third kappa shape index (κ3) is 3.11. The quantitative estimate of drug-likeness (QED) is 0.923. The van der Waals surface area contributed by atoms with Crippen LogP contribution >= 0.6 is 0 Å². The third-order valence-electron chi connectivity index (χ3n) is 3.76. The van der Waals surface area contributed by atoms with Crippen LogP contribution in [0.4, 0.5) is 25.0 Å². The average Bonchev–Trinajstić information content (AvgIpc) is 2.94. The molecule has 0 unspecified atom stereocenters. The Morgan fingerprint density at radius 1 is 1.13 bits per heavy atom. The molecule has 23 heavy (non-hydrogen) atoms. The molecule has 0 bridgehead atoms. The zero-order valence-corrected chi connectivity index (χ0v) is 12.6. The van der Waals surface area contributed by atoms with E-state index in [0.29, 0.717) is 18.8 Å². The Morgan fingerprint density at radius 2 is 1.78 bits per heavy atom. The lowest BCUT2D eigenvalue weighted by Gasteiger charge is -2.18. The fourth-order valence-corrected chi connectivity index (χ4v) is 2.61. The Hall–Kier alpha value is -2.63. The number of hydrogen-bond acceptors (Lipinski definition) is 3. The van der Waals surface area contributed by atoms with Crippen molar-refractivity contribution >= 4 is 17.5 Å². The molecule has 1 aliphatic rings. The first-order valence-electron chi connectivity index (χ1n) is 7.31. The number of nitrogens with zero attached hydrogens (tertiary/aromatic N) is 1. The SMILES string of the molecule is C[C@@H](Nc1ccc(N2CCOC2=O)cc1)c1c(F)cccc1F. The van der Waals surface area contributed by atoms with Crippen molar-refractivity contribution in [1.82, 2.24) is 0 Å². The van der Waals surface area contributed by atoms with E-state index >= 15 is 0 Å². The maximum atomic E-state index is 13.8. The van der Waals surface area contributed by atoms with Crippen LogP contribution in [0.3, 0.4) is 0 Å². The first-order valence-corrected chi connectivity index (χ1v) is 7.31. The molecule has 1 aliphatic heterocycles. The number of carbonyl (C=O) groups is 1. The molecule has 1 amide bonds. The molecule has 0 aliphatic carbocycles. The van der Waals surface area contributed by atoms with Gasteiger partial charge in [-0.15, -0.1) is 0 Å². The number of cyclic esters (lactones) is 1. The summed E-state index contributed by atoms with van der Waals surface area (Å²) in [5.74, 6) is -1.16. The second-order valence-electron chi connectivity index (χ2n) is 5.31. The molecule has 3 rings (SSSR count). The fraction of sp³-hybridized carbons (Fsp3) is 0.235. The first-order chi connectivity index (χ1) is 11.1. The number of amides is 1. The highest BCUT2D eigenvalue weighted by molar-refractivity contribution is 5.89. The van der Waals surface area contributed by atoms with E-state index in [-0.39, 0.29) is 11.7 Å². The van der Waals surface area contributed by atoms with E-state index in [2.05, 4.69) is 5.32 Å². The number of halogens is 2. The summed E-state index contributed by atoms with van der Waals surface area (Å²) in [6, 6.07) is 10.3. The second kappa shape index (κ2) is 6.24. The predicted octanol–water partition coefficient (Wildman–Crippen LogP) is 4.09. The number of anilines is 2. The lowest BCUT2D eigenvalue weighted by Crippen LogP contribution is -2.23. The highest BCUT2D eigenvalue weighted by Gasteiger charge is 2.23. The number of carbonyl (C=O) groups excluding carboxylic acids is 1. The number of benzene rings is 2. The van der Waals surface area contributed by atoms with Crippen molar-refractivity contribution < 1.29 is 18.3 Å². The van der Waals surface area contributed by atoms with Crippen LogP contribution in [0.15, 0.2) is 42.5 Å². The number of ether oxygens (including phenoxy) is 1. The molecule has 1 atom stereocenters. The molecule has 6 heteroatoms. The standard InChI is InChI=1S/C17H16F2N2O2/c1-11(16-14(18)3-2-4-15(16)19)20-12-5-7-13(8-6-12)21-9-10-23-17(21)22/h2-8,11,20H,9-10H2,1H3/t11-/m1/s1. The van der Waals surface area contributed by atoms with Gasteiger partial charge in [-0.1, -0.05) is 6.07 Å². The van der Waals surface area contributed by atoms with E-state index in [1.54, 1.807) is 31.2 Å². The molecular formula is C17H16F2N2O2. The molecule has 2 aromatic rings. The van der Waals surface area contributed by atoms with Crippen molar-refractivity contribution in [2.45, 2.75) is 13.0 Å². The van der Waals surface area contributed by atoms with Crippen LogP contribution in [0.5, 0.6) is 0 Å². The van der Waals surface area contributed by atoms with Gasteiger partial charge in [-0.2, -0.15) is 0 Å². The van der Waals surface area contributed by atoms with Gasteiger partial charge >= 0.3 is 6.09 Å². The van der Waals surface area contributed by atoms with Crippen molar-refractivity contribution in [3.8, 4) is 0 Å². The number of hydrogen-bond donors (Lipinski definition) is 1. The van der Waals surface area contributed by atoms with Crippen molar-refractivity contribution in [3.63, 3.8) is 0 Å². The molecule has 0 saturated carbocycles. The monoisotopic (exact) mass is 318 g/mol. The molecule has 4 nitrogen and oxygen atoms in total. The molecule has 0 radical (unpaired) electrons. The van der Waals surface area contributed by atoms with Crippen LogP contribution in [-0.4, -0.2) is 19.2 Å². The van der Waals surface area contributed by atoms with Crippen molar-refractivity contribution in [2.75, 3.05) is 23.4 Å². The Kier molecular flexibility index (Phi) is 4.14. The smallest absolute Gasteiger partial charge is 0.414 e. The summed E-state index contributed by atoms with van der Waals surface area (Å²) in [5.41, 5.74) is 1.43. The topological polar surface area (TPSA) is 41.6 Å². The van der Waals surface area contributed by atoms with E-state index < -0.39 is 17.7 Å². The molecule has 120 valence electrons. The van der Waals surface area contributed by atoms with Gasteiger partial charge in [0.1, 0.15) is 18.2 Å². The molecule has 1 N–H and O–H groups in total. The molecular weight excluding hydrogens is 302 g/mol. The van der Waals surface area contributed by atoms with Crippen LogP contribution in [0.1, 0.15) is 18.5 Å². The van der Waals surface area contributed by atoms with E-state index in [1.807, 2.05) is 0 Å². The van der Waals surface area contributed by atoms with Crippen molar-refractivity contribution in [2.24, 2.45) is 0 Å². The van der Waals surface area contributed by atoms with Gasteiger partial charge < -0.3 is 10.1 Å². The van der Waals surface area contributed by atoms with Gasteiger partial charge in [0, 0.05) is 16.9 Å². The van der Waals surface area contributed by atoms with Crippen LogP contribution in [0, 0.1) is 11.6 Å². The summed E-state index contributed by atoms with van der Waals surface area (Å²) in [6.45, 7) is 2.58. The highest BCUT2D eigenvalue weighted by atomic mass is 19.1.